The number of aromatic nitrogens is 1. The molecule has 0 unspecified atom stereocenters. The van der Waals surface area contributed by atoms with Gasteiger partial charge in [-0.25, -0.2) is 13.8 Å². The maximum atomic E-state index is 13.4. The molecule has 4 rings (SSSR count). The third-order valence-electron chi connectivity index (χ3n) is 5.64. The lowest BCUT2D eigenvalue weighted by Gasteiger charge is -2.40. The van der Waals surface area contributed by atoms with Gasteiger partial charge in [0.25, 0.3) is 11.8 Å². The van der Waals surface area contributed by atoms with Crippen LogP contribution in [0, 0.1) is 5.92 Å². The van der Waals surface area contributed by atoms with Crippen molar-refractivity contribution < 1.29 is 18.3 Å². The van der Waals surface area contributed by atoms with Crippen molar-refractivity contribution in [2.75, 3.05) is 24.6 Å². The van der Waals surface area contributed by atoms with Crippen molar-refractivity contribution in [1.82, 2.24) is 9.88 Å². The van der Waals surface area contributed by atoms with Crippen molar-refractivity contribution in [2.45, 2.75) is 51.6 Å². The van der Waals surface area contributed by atoms with Crippen LogP contribution in [0.15, 0.2) is 42.5 Å². The molecule has 1 aromatic carbocycles. The first kappa shape index (κ1) is 21.5. The number of carbonyl (C=O) groups is 1. The second-order valence-corrected chi connectivity index (χ2v) is 9.53. The number of rotatable bonds is 7. The van der Waals surface area contributed by atoms with E-state index < -0.39 is 11.5 Å². The van der Waals surface area contributed by atoms with Crippen LogP contribution in [0.25, 0.3) is 0 Å². The average Bonchev–Trinajstić information content (AvgIpc) is 3.52. The Bertz CT molecular complexity index is 932. The Morgan fingerprint density at radius 3 is 2.42 bits per heavy atom. The van der Waals surface area contributed by atoms with E-state index in [9.17, 15) is 13.6 Å². The number of ether oxygens (including phenoxy) is 1. The zero-order chi connectivity index (χ0) is 22.2. The van der Waals surface area contributed by atoms with E-state index >= 15 is 0 Å². The van der Waals surface area contributed by atoms with Gasteiger partial charge in [-0.2, -0.15) is 0 Å². The highest BCUT2D eigenvalue weighted by Gasteiger charge is 2.45. The highest BCUT2D eigenvalue weighted by Crippen LogP contribution is 2.38. The smallest absolute Gasteiger partial charge is 0.282 e. The molecule has 0 radical (unpaired) electrons. The molecule has 2 fully saturated rings. The molecular weight excluding hydrogens is 400 g/mol. The van der Waals surface area contributed by atoms with Crippen LogP contribution < -0.4 is 9.64 Å². The number of hydrogen-bond acceptors (Lipinski definition) is 4. The SMILES string of the molecule is CC(C)(C)N(Cc1ccccc1)C(=O)c1ccc(N2CC(F)(F)C2)c(OCC2CC2)n1. The number of hydrogen-bond donors (Lipinski definition) is 0. The van der Waals surface area contributed by atoms with Gasteiger partial charge in [0, 0.05) is 12.1 Å². The predicted octanol–water partition coefficient (Wildman–Crippen LogP) is 4.77. The van der Waals surface area contributed by atoms with Crippen LogP contribution in [0.4, 0.5) is 14.5 Å². The Balaban J connectivity index is 1.60. The summed E-state index contributed by atoms with van der Waals surface area (Å²) in [7, 11) is 0. The maximum absolute atomic E-state index is 13.4. The van der Waals surface area contributed by atoms with Crippen LogP contribution in [0.5, 0.6) is 5.88 Å². The molecule has 0 atom stereocenters. The van der Waals surface area contributed by atoms with Gasteiger partial charge < -0.3 is 14.5 Å². The Morgan fingerprint density at radius 2 is 1.84 bits per heavy atom. The molecule has 2 heterocycles. The van der Waals surface area contributed by atoms with Crippen LogP contribution in [-0.2, 0) is 6.54 Å². The minimum atomic E-state index is -2.69. The van der Waals surface area contributed by atoms with Crippen LogP contribution in [0.2, 0.25) is 0 Å². The van der Waals surface area contributed by atoms with Gasteiger partial charge >= 0.3 is 0 Å². The summed E-state index contributed by atoms with van der Waals surface area (Å²) in [6, 6.07) is 13.1. The van der Waals surface area contributed by atoms with Crippen LogP contribution in [-0.4, -0.2) is 46.9 Å². The summed E-state index contributed by atoms with van der Waals surface area (Å²) in [5.74, 6) is -2.16. The Morgan fingerprint density at radius 1 is 1.16 bits per heavy atom. The molecule has 0 spiro atoms. The first-order valence-electron chi connectivity index (χ1n) is 10.7. The summed E-state index contributed by atoms with van der Waals surface area (Å²) < 4.78 is 32.7. The van der Waals surface area contributed by atoms with E-state index in [1.54, 1.807) is 21.9 Å². The summed E-state index contributed by atoms with van der Waals surface area (Å²) in [4.78, 5) is 21.3. The molecule has 5 nitrogen and oxygen atoms in total. The minimum absolute atomic E-state index is 0.215. The van der Waals surface area contributed by atoms with E-state index in [2.05, 4.69) is 4.98 Å². The molecule has 166 valence electrons. The van der Waals surface area contributed by atoms with Gasteiger partial charge in [0.05, 0.1) is 19.7 Å². The normalized spacial score (nSPS) is 17.8. The van der Waals surface area contributed by atoms with Gasteiger partial charge in [0.1, 0.15) is 11.4 Å². The second kappa shape index (κ2) is 8.09. The van der Waals surface area contributed by atoms with E-state index in [1.807, 2.05) is 51.1 Å². The monoisotopic (exact) mass is 429 g/mol. The molecule has 31 heavy (non-hydrogen) atoms. The van der Waals surface area contributed by atoms with Gasteiger partial charge in [0.15, 0.2) is 0 Å². The molecule has 2 aliphatic rings. The predicted molar refractivity (Wildman–Crippen MR) is 116 cm³/mol. The lowest BCUT2D eigenvalue weighted by atomic mass is 10.0. The highest BCUT2D eigenvalue weighted by molar-refractivity contribution is 5.93. The van der Waals surface area contributed by atoms with Crippen LogP contribution >= 0.6 is 0 Å². The molecule has 1 saturated heterocycles. The average molecular weight is 430 g/mol. The molecule has 0 N–H and O–H groups in total. The number of pyridine rings is 1. The van der Waals surface area contributed by atoms with Crippen molar-refractivity contribution in [3.8, 4) is 5.88 Å². The van der Waals surface area contributed by atoms with E-state index in [4.69, 9.17) is 4.74 Å². The number of amides is 1. The fourth-order valence-electron chi connectivity index (χ4n) is 3.58. The maximum Gasteiger partial charge on any atom is 0.282 e. The number of alkyl halides is 2. The van der Waals surface area contributed by atoms with Gasteiger partial charge in [-0.1, -0.05) is 30.3 Å². The molecule has 1 amide bonds. The fourth-order valence-corrected chi connectivity index (χ4v) is 3.58. The zero-order valence-corrected chi connectivity index (χ0v) is 18.3. The van der Waals surface area contributed by atoms with Gasteiger partial charge in [-0.3, -0.25) is 4.79 Å². The number of carbonyl (C=O) groups excluding carboxylic acids is 1. The molecule has 2 aromatic rings. The molecule has 1 saturated carbocycles. The van der Waals surface area contributed by atoms with Crippen molar-refractivity contribution in [3.05, 3.63) is 53.7 Å². The molecule has 1 aliphatic heterocycles. The molecular formula is C24H29F2N3O2. The van der Waals surface area contributed by atoms with Gasteiger partial charge in [-0.15, -0.1) is 0 Å². The van der Waals surface area contributed by atoms with Gasteiger partial charge in [-0.05, 0) is 57.2 Å². The van der Waals surface area contributed by atoms with Crippen LogP contribution in [0.3, 0.4) is 0 Å². The summed E-state index contributed by atoms with van der Waals surface area (Å²) >= 11 is 0. The van der Waals surface area contributed by atoms with E-state index in [0.29, 0.717) is 24.8 Å². The second-order valence-electron chi connectivity index (χ2n) is 9.53. The number of anilines is 1. The first-order chi connectivity index (χ1) is 14.6. The summed E-state index contributed by atoms with van der Waals surface area (Å²) in [6.45, 7) is 6.17. The molecule has 7 heteroatoms. The number of benzene rings is 1. The van der Waals surface area contributed by atoms with Crippen molar-refractivity contribution in [1.29, 1.82) is 0 Å². The standard InChI is InChI=1S/C24H29F2N3O2/c1-23(2,3)29(13-17-7-5-4-6-8-17)22(30)19-11-12-20(28-15-24(25,26)16-28)21(27-19)31-14-18-9-10-18/h4-8,11-12,18H,9-10,13-16H2,1-3H3. The van der Waals surface area contributed by atoms with E-state index in [-0.39, 0.29) is 30.6 Å². The highest BCUT2D eigenvalue weighted by atomic mass is 19.3. The topological polar surface area (TPSA) is 45.7 Å². The first-order valence-corrected chi connectivity index (χ1v) is 10.7. The minimum Gasteiger partial charge on any atom is -0.476 e. The van der Waals surface area contributed by atoms with Gasteiger partial charge in [0.2, 0.25) is 5.88 Å². The number of halogens is 2. The lowest BCUT2D eigenvalue weighted by Crippen LogP contribution is -2.56. The van der Waals surface area contributed by atoms with Crippen molar-refractivity contribution in [2.24, 2.45) is 5.92 Å². The zero-order valence-electron chi connectivity index (χ0n) is 18.3. The fraction of sp³-hybridized carbons (Fsp3) is 0.500. The molecule has 0 bridgehead atoms. The van der Waals surface area contributed by atoms with E-state index in [0.717, 1.165) is 18.4 Å². The quantitative estimate of drug-likeness (QED) is 0.636. The molecule has 1 aromatic heterocycles. The third kappa shape index (κ3) is 5.14. The third-order valence-corrected chi connectivity index (χ3v) is 5.64. The summed E-state index contributed by atoms with van der Waals surface area (Å²) in [5.41, 5.74) is 1.37. The summed E-state index contributed by atoms with van der Waals surface area (Å²) in [6.07, 6.45) is 2.20. The lowest BCUT2D eigenvalue weighted by molar-refractivity contribution is -0.0265. The van der Waals surface area contributed by atoms with E-state index in [1.165, 1.54) is 0 Å². The Kier molecular flexibility index (Phi) is 5.62. The summed E-state index contributed by atoms with van der Waals surface area (Å²) in [5, 5.41) is 0. The Labute approximate surface area is 182 Å². The van der Waals surface area contributed by atoms with Crippen molar-refractivity contribution in [3.63, 3.8) is 0 Å². The van der Waals surface area contributed by atoms with Crippen molar-refractivity contribution >= 4 is 11.6 Å². The van der Waals surface area contributed by atoms with Crippen LogP contribution in [0.1, 0.15) is 49.7 Å². The largest absolute Gasteiger partial charge is 0.476 e. The Hall–Kier alpha value is -2.70. The number of nitrogens with zero attached hydrogens (tertiary/aromatic N) is 3. The molecule has 1 aliphatic carbocycles.